The van der Waals surface area contributed by atoms with Gasteiger partial charge in [0.2, 0.25) is 11.8 Å². The van der Waals surface area contributed by atoms with Crippen molar-refractivity contribution in [2.45, 2.75) is 472 Å². The maximum absolute atomic E-state index is 13.8. The lowest BCUT2D eigenvalue weighted by molar-refractivity contribution is -0.147. The number of aliphatic imine (C=N–C) groups is 1. The van der Waals surface area contributed by atoms with Crippen LogP contribution in [0.1, 0.15) is 458 Å². The van der Waals surface area contributed by atoms with E-state index in [1.165, 1.54) is 210 Å². The highest BCUT2D eigenvalue weighted by Crippen LogP contribution is 2.48. The number of ether oxygens (including phenoxy) is 1. The van der Waals surface area contributed by atoms with E-state index in [0.29, 0.717) is 91.4 Å². The smallest absolute Gasteiger partial charge is 0.306 e. The number of aryl methyl sites for hydroxylation is 1. The van der Waals surface area contributed by atoms with Gasteiger partial charge in [-0.15, -0.1) is 0 Å². The fourth-order valence-corrected chi connectivity index (χ4v) is 24.8. The minimum absolute atomic E-state index is 0.00272. The summed E-state index contributed by atoms with van der Waals surface area (Å²) in [6.07, 6.45) is 50.0. The van der Waals surface area contributed by atoms with Crippen LogP contribution < -0.4 is 10.6 Å². The second-order valence-electron chi connectivity index (χ2n) is 57.8. The van der Waals surface area contributed by atoms with Crippen molar-refractivity contribution in [3.8, 4) is 6.07 Å². The summed E-state index contributed by atoms with van der Waals surface area (Å²) in [6, 6.07) is 6.50. The monoisotopic (exact) mass is 2030 g/mol. The quantitative estimate of drug-likeness (QED) is 0.157. The number of methoxy groups -OCH3 is 1. The zero-order chi connectivity index (χ0) is 109. The van der Waals surface area contributed by atoms with Gasteiger partial charge in [0.15, 0.2) is 0 Å². The number of halogens is 3. The molecule has 6 aliphatic heterocycles. The summed E-state index contributed by atoms with van der Waals surface area (Å²) in [4.78, 5) is 50.5. The Kier molecular flexibility index (Phi) is 57.2. The number of nitrogens with one attached hydrogen (secondary N) is 3. The molecule has 0 bridgehead atoms. The number of aliphatic carboxylic acids is 1. The molecule has 4 N–H and O–H groups in total. The lowest BCUT2D eigenvalue weighted by atomic mass is 9.67. The standard InChI is InChI=1S/C16H26N2.C13H22N2O.C13H25NO2.C12H19N.C11H21F2N.C11H22FN.C11H18N2.C11H22.C10H21N.C10H20.C8H14O2/c1-16(2,3)15-7-5-10-18(11-8-15)13-14-6-4-9-17-12-14;1-13(2,3)11-5-4-9-15(10-7-11)12(16)6-8-14;1-13(2,3)10-6-5-7-11(8-10)14-12(15)9-16-4;1-12(2,3)11-5-4-9-7-13-8-10(9)6-11;1-5-14-7-6-9(10(2,3)4)11(12,13)8-14;1-11(2,3)10-4-7-13(8-5-10)9-6-12;1-11(2,3)9-5-4-8-7-12-13-10(8)6-9;1-9-7-5-6-8-10(9)11(2,3)4;1-10(2,3)9-5-4-7-11-8-6-9;1-10(2,3)8-9-6-4-5-7-9;1-5(2)6-3-7(4-6)8(9)10/h4,6,9,12,15H,5,7-8,10-11,13H2,1-3H3;11H,4-7,9-10H2,1-3H3;10-11H,5-9H2,1-4H3,(H,14,15);8,11H,4-7H2,1-3H3;9H,5-8H2,1-4H3;10H,4-9H2,1-3H3;7,9H,4-6H2,1-3H3,(H,12,13);9-10H,5-8H2,1-4H3;9,11H,4-8H2,1-3H3;9H,4-8H2,1-3H3;5-7H,3-4H2,1-2H3,(H,9,10). The lowest BCUT2D eigenvalue weighted by Gasteiger charge is -2.44. The van der Waals surface area contributed by atoms with Gasteiger partial charge in [-0.1, -0.05) is 293 Å². The van der Waals surface area contributed by atoms with Gasteiger partial charge >= 0.3 is 5.97 Å². The summed E-state index contributed by atoms with van der Waals surface area (Å²) < 4.78 is 44.4. The van der Waals surface area contributed by atoms with Gasteiger partial charge in [0.1, 0.15) is 19.7 Å². The number of fused-ring (bicyclic) bond motifs is 1. The predicted octanol–water partition coefficient (Wildman–Crippen LogP) is 31.8. The van der Waals surface area contributed by atoms with Crippen LogP contribution in [0.15, 0.2) is 46.9 Å². The van der Waals surface area contributed by atoms with E-state index >= 15 is 0 Å². The number of allylic oxidation sites excluding steroid dienone is 1. The fourth-order valence-electron chi connectivity index (χ4n) is 24.8. The zero-order valence-electron chi connectivity index (χ0n) is 101. The zero-order valence-corrected chi connectivity index (χ0v) is 101. The molecule has 10 unspecified atom stereocenters. The van der Waals surface area contributed by atoms with Crippen LogP contribution in [0.3, 0.4) is 0 Å². The average molecular weight is 2040 g/mol. The number of aromatic nitrogens is 3. The first-order chi connectivity index (χ1) is 67.2. The highest BCUT2D eigenvalue weighted by molar-refractivity contribution is 5.83. The Bertz CT molecular complexity index is 3960. The number of nitrogens with zero attached hydrogens (tertiary/aromatic N) is 8. The molecular formula is C126H230F3N11O5. The lowest BCUT2D eigenvalue weighted by Crippen LogP contribution is -2.52. The number of hydrogen-bond donors (Lipinski definition) is 4. The van der Waals surface area contributed by atoms with E-state index in [1.54, 1.807) is 18.3 Å². The first-order valence-corrected chi connectivity index (χ1v) is 58.8. The summed E-state index contributed by atoms with van der Waals surface area (Å²) in [7, 11) is 1.55. The van der Waals surface area contributed by atoms with E-state index in [0.717, 1.165) is 138 Å². The number of nitriles is 1. The van der Waals surface area contributed by atoms with Crippen molar-refractivity contribution < 1.29 is 37.4 Å². The second-order valence-corrected chi connectivity index (χ2v) is 57.8. The van der Waals surface area contributed by atoms with Gasteiger partial charge in [-0.3, -0.25) is 39.3 Å². The van der Waals surface area contributed by atoms with Gasteiger partial charge in [0.05, 0.1) is 31.3 Å². The molecule has 0 aromatic carbocycles. The van der Waals surface area contributed by atoms with Crippen LogP contribution in [0.2, 0.25) is 0 Å². The summed E-state index contributed by atoms with van der Waals surface area (Å²) in [6.45, 7) is 90.4. The van der Waals surface area contributed by atoms with E-state index in [-0.39, 0.29) is 49.4 Å². The Labute approximate surface area is 891 Å². The number of piperidine rings is 2. The van der Waals surface area contributed by atoms with Crippen LogP contribution in [0, 0.1) is 148 Å². The van der Waals surface area contributed by atoms with Crippen LogP contribution in [0.25, 0.3) is 0 Å². The molecule has 12 aliphatic rings. The summed E-state index contributed by atoms with van der Waals surface area (Å²) >= 11 is 0. The number of carboxylic acid groups (broad SMARTS) is 1. The molecule has 145 heavy (non-hydrogen) atoms. The minimum atomic E-state index is -2.52. The average Bonchev–Trinajstić information content (AvgIpc) is 0.935. The number of carbonyl (C=O) groups is 3. The van der Waals surface area contributed by atoms with E-state index in [1.807, 2.05) is 68.2 Å². The Hall–Kier alpha value is -4.74. The Morgan fingerprint density at radius 3 is 1.59 bits per heavy atom. The third kappa shape index (κ3) is 52.2. The molecule has 840 valence electrons. The van der Waals surface area contributed by atoms with Gasteiger partial charge in [-0.2, -0.15) is 10.4 Å². The molecule has 5 saturated heterocycles. The van der Waals surface area contributed by atoms with E-state index in [4.69, 9.17) is 15.1 Å². The maximum Gasteiger partial charge on any atom is 0.306 e. The summed E-state index contributed by atoms with van der Waals surface area (Å²) in [5.74, 6) is 6.37. The Morgan fingerprint density at radius 2 is 1.08 bits per heavy atom. The molecular weight excluding hydrogens is 1800 g/mol. The molecule has 10 atom stereocenters. The summed E-state index contributed by atoms with van der Waals surface area (Å²) in [5.41, 5.74) is 11.1. The third-order valence-electron chi connectivity index (χ3n) is 35.2. The molecule has 19 heteroatoms. The molecule has 6 aliphatic carbocycles. The SMILES string of the molecule is CC(C)(C)C1CCC2=C(C=NC2)C1.CC(C)(C)C1CCCN(C(=O)CC#N)CC1.CC(C)(C)C1CCCN(Cc2cccnc2)CC1.CC(C)(C)C1CCCNCC1.CC(C)(C)C1CCN(CCF)CC1.CC(C)(C)C1CCc2cn[nH]c2C1.CC(C)(C)CC1CCCC1.CC(C)C1CC(C(=O)O)C1.CC1CCCCC1C(C)(C)C.CCN1CCC(C(C)(C)C)C(F)(F)C1.COCC(=O)NC1CCCC(C(C)(C)C)C1. The molecule has 16 nitrogen and oxygen atoms in total. The van der Waals surface area contributed by atoms with Crippen molar-refractivity contribution in [1.82, 2.24) is 45.4 Å². The number of carbonyl (C=O) groups excluding carboxylic acids is 2. The van der Waals surface area contributed by atoms with E-state index in [2.05, 4.69) is 261 Å². The highest BCUT2D eigenvalue weighted by atomic mass is 19.3. The number of amides is 2. The number of rotatable bonds is 12. The predicted molar refractivity (Wildman–Crippen MR) is 610 cm³/mol. The van der Waals surface area contributed by atoms with Crippen LogP contribution in [0.5, 0.6) is 0 Å². The molecule has 0 radical (unpaired) electrons. The largest absolute Gasteiger partial charge is 0.481 e. The number of aromatic amines is 1. The number of likely N-dealkylation sites (tertiary alicyclic amines) is 4. The van der Waals surface area contributed by atoms with Crippen molar-refractivity contribution in [2.24, 2.45) is 142 Å². The van der Waals surface area contributed by atoms with Crippen LogP contribution >= 0.6 is 0 Å². The number of pyridine rings is 1. The van der Waals surface area contributed by atoms with Crippen molar-refractivity contribution in [3.05, 3.63) is 58.7 Å². The normalized spacial score (nSPS) is 26.0. The number of hydrogen-bond acceptors (Lipinski definition) is 12. The number of carboxylic acids is 1. The van der Waals surface area contributed by atoms with Crippen molar-refractivity contribution in [1.29, 1.82) is 5.26 Å². The third-order valence-corrected chi connectivity index (χ3v) is 35.2. The molecule has 2 amide bonds. The topological polar surface area (TPSA) is 195 Å². The van der Waals surface area contributed by atoms with Crippen molar-refractivity contribution >= 4 is 24.0 Å². The van der Waals surface area contributed by atoms with Gasteiger partial charge in [-0.25, -0.2) is 13.2 Å². The van der Waals surface area contributed by atoms with E-state index < -0.39 is 17.8 Å². The molecule has 14 rings (SSSR count). The number of alkyl halides is 3. The van der Waals surface area contributed by atoms with Crippen LogP contribution in [-0.2, 0) is 38.5 Å². The molecule has 8 heterocycles. The first-order valence-electron chi connectivity index (χ1n) is 58.8. The highest BCUT2D eigenvalue weighted by Gasteiger charge is 2.50. The van der Waals surface area contributed by atoms with Crippen molar-refractivity contribution in [2.75, 3.05) is 105 Å². The maximum atomic E-state index is 13.8. The van der Waals surface area contributed by atoms with Gasteiger partial charge in [-0.05, 0) is 366 Å². The van der Waals surface area contributed by atoms with Crippen LogP contribution in [-0.4, -0.2) is 181 Å². The number of H-pyrrole nitrogens is 1. The van der Waals surface area contributed by atoms with Gasteiger partial charge in [0, 0.05) is 69.6 Å². The molecule has 2 aromatic heterocycles. The van der Waals surface area contributed by atoms with Gasteiger partial charge in [0.25, 0.3) is 5.92 Å². The molecule has 9 fully saturated rings. The summed E-state index contributed by atoms with van der Waals surface area (Å²) in [5, 5.41) is 30.8. The van der Waals surface area contributed by atoms with Crippen molar-refractivity contribution in [3.63, 3.8) is 0 Å². The fraction of sp³-hybridized carbons (Fsp3) is 0.881. The molecule has 0 spiro atoms. The second kappa shape index (κ2) is 62.6. The molecule has 4 saturated carbocycles. The van der Waals surface area contributed by atoms with Crippen LogP contribution in [0.4, 0.5) is 13.2 Å². The van der Waals surface area contributed by atoms with Gasteiger partial charge < -0.3 is 30.3 Å². The Morgan fingerprint density at radius 1 is 0.559 bits per heavy atom. The Balaban J connectivity index is 0.000000334. The minimum Gasteiger partial charge on any atom is -0.481 e. The first kappa shape index (κ1) is 133. The molecule has 2 aromatic rings. The van der Waals surface area contributed by atoms with E-state index in [9.17, 15) is 27.6 Å².